The van der Waals surface area contributed by atoms with Crippen molar-refractivity contribution in [2.45, 2.75) is 19.3 Å². The minimum Gasteiger partial charge on any atom is -0.0622 e. The molecule has 10 rings (SSSR count). The number of benzene rings is 9. The van der Waals surface area contributed by atoms with Crippen molar-refractivity contribution in [1.82, 2.24) is 0 Å². The van der Waals surface area contributed by atoms with Gasteiger partial charge < -0.3 is 0 Å². The summed E-state index contributed by atoms with van der Waals surface area (Å²) in [6.07, 6.45) is 2.34. The molecule has 55 heavy (non-hydrogen) atoms. The van der Waals surface area contributed by atoms with Crippen LogP contribution >= 0.6 is 0 Å². The quantitative estimate of drug-likeness (QED) is 0.120. The zero-order chi connectivity index (χ0) is 36.9. The first-order valence-corrected chi connectivity index (χ1v) is 19.3. The molecule has 0 aliphatic heterocycles. The first kappa shape index (κ1) is 32.9. The number of rotatable bonds is 6. The molecule has 0 nitrogen and oxygen atoms in total. The molecule has 1 aliphatic carbocycles. The zero-order valence-electron chi connectivity index (χ0n) is 31.1. The van der Waals surface area contributed by atoms with E-state index in [1.807, 2.05) is 0 Å². The van der Waals surface area contributed by atoms with Crippen LogP contribution in [0.2, 0.25) is 0 Å². The van der Waals surface area contributed by atoms with Gasteiger partial charge in [-0.15, -0.1) is 0 Å². The Balaban J connectivity index is 1.22. The Hall–Kier alpha value is -6.76. The zero-order valence-corrected chi connectivity index (χ0v) is 31.1. The highest BCUT2D eigenvalue weighted by molar-refractivity contribution is 6.22. The second kappa shape index (κ2) is 13.3. The first-order chi connectivity index (χ1) is 27.0. The largest absolute Gasteiger partial charge is 0.0622 e. The Morgan fingerprint density at radius 2 is 0.891 bits per heavy atom. The molecule has 0 heteroatoms. The maximum Gasteiger partial charge on any atom is 0.0159 e. The molecule has 0 amide bonds. The van der Waals surface area contributed by atoms with E-state index < -0.39 is 0 Å². The van der Waals surface area contributed by atoms with Gasteiger partial charge in [0.15, 0.2) is 0 Å². The summed E-state index contributed by atoms with van der Waals surface area (Å²) in [5.41, 5.74) is 17.6. The van der Waals surface area contributed by atoms with Crippen LogP contribution in [0.1, 0.15) is 41.7 Å². The highest BCUT2D eigenvalue weighted by Crippen LogP contribution is 2.51. The monoisotopic (exact) mass is 700 g/mol. The highest BCUT2D eigenvalue weighted by atomic mass is 14.4. The summed E-state index contributed by atoms with van der Waals surface area (Å²) < 4.78 is 0. The van der Waals surface area contributed by atoms with E-state index >= 15 is 0 Å². The Bertz CT molecular complexity index is 2870. The molecular formula is C55H40. The average Bonchev–Trinajstić information content (AvgIpc) is 3.48. The molecule has 0 atom stereocenters. The van der Waals surface area contributed by atoms with Crippen LogP contribution in [0.5, 0.6) is 0 Å². The van der Waals surface area contributed by atoms with Crippen LogP contribution in [0, 0.1) is 0 Å². The van der Waals surface area contributed by atoms with Crippen LogP contribution < -0.4 is 0 Å². The summed E-state index contributed by atoms with van der Waals surface area (Å²) in [5, 5.41) is 5.04. The summed E-state index contributed by atoms with van der Waals surface area (Å²) in [6.45, 7) is 4.74. The lowest BCUT2D eigenvalue weighted by Crippen LogP contribution is -2.14. The molecule has 0 bridgehead atoms. The fourth-order valence-corrected chi connectivity index (χ4v) is 8.99. The predicted octanol–water partition coefficient (Wildman–Crippen LogP) is 14.9. The van der Waals surface area contributed by atoms with Gasteiger partial charge in [0, 0.05) is 5.41 Å². The highest BCUT2D eigenvalue weighted by Gasteiger charge is 2.35. The van der Waals surface area contributed by atoms with Crippen LogP contribution in [0.15, 0.2) is 200 Å². The van der Waals surface area contributed by atoms with Crippen LogP contribution in [0.4, 0.5) is 0 Å². The van der Waals surface area contributed by atoms with Gasteiger partial charge >= 0.3 is 0 Å². The lowest BCUT2D eigenvalue weighted by Gasteiger charge is -2.23. The normalized spacial score (nSPS) is 12.7. The molecule has 0 spiro atoms. The molecule has 0 aromatic heterocycles. The van der Waals surface area contributed by atoms with Gasteiger partial charge in [0.1, 0.15) is 0 Å². The SMILES string of the molecule is CC1(C)c2ccccc2-c2ccc(-c3c4ccccc4c(-c4cccc(C=C(c5ccccc5)c5ccccc5)c4)c4ccc(-c5ccccc5)cc34)cc21. The number of hydrogen-bond acceptors (Lipinski definition) is 0. The molecule has 9 aromatic rings. The van der Waals surface area contributed by atoms with Crippen molar-refractivity contribution >= 4 is 33.2 Å². The molecule has 0 radical (unpaired) electrons. The van der Waals surface area contributed by atoms with Crippen molar-refractivity contribution in [3.63, 3.8) is 0 Å². The van der Waals surface area contributed by atoms with E-state index in [0.29, 0.717) is 0 Å². The molecular weight excluding hydrogens is 661 g/mol. The maximum atomic E-state index is 2.48. The van der Waals surface area contributed by atoms with Gasteiger partial charge in [0.2, 0.25) is 0 Å². The third kappa shape index (κ3) is 5.61. The molecule has 260 valence electrons. The summed E-state index contributed by atoms with van der Waals surface area (Å²) in [7, 11) is 0. The van der Waals surface area contributed by atoms with Crippen LogP contribution in [0.3, 0.4) is 0 Å². The number of fused-ring (bicyclic) bond motifs is 5. The van der Waals surface area contributed by atoms with Crippen LogP contribution in [-0.2, 0) is 5.41 Å². The topological polar surface area (TPSA) is 0 Å². The minimum absolute atomic E-state index is 0.0883. The van der Waals surface area contributed by atoms with E-state index in [1.165, 1.54) is 99.4 Å². The Kier molecular flexibility index (Phi) is 7.93. The van der Waals surface area contributed by atoms with Crippen molar-refractivity contribution in [3.05, 3.63) is 228 Å². The van der Waals surface area contributed by atoms with E-state index in [-0.39, 0.29) is 5.41 Å². The van der Waals surface area contributed by atoms with E-state index in [2.05, 4.69) is 220 Å². The van der Waals surface area contributed by atoms with E-state index in [9.17, 15) is 0 Å². The lowest BCUT2D eigenvalue weighted by atomic mass is 9.80. The smallest absolute Gasteiger partial charge is 0.0159 e. The van der Waals surface area contributed by atoms with Gasteiger partial charge in [-0.25, -0.2) is 0 Å². The van der Waals surface area contributed by atoms with Crippen molar-refractivity contribution < 1.29 is 0 Å². The van der Waals surface area contributed by atoms with E-state index in [4.69, 9.17) is 0 Å². The summed E-state index contributed by atoms with van der Waals surface area (Å²) in [6, 6.07) is 73.5. The van der Waals surface area contributed by atoms with Crippen LogP contribution in [0.25, 0.3) is 77.7 Å². The first-order valence-electron chi connectivity index (χ1n) is 19.3. The van der Waals surface area contributed by atoms with Gasteiger partial charge in [-0.2, -0.15) is 0 Å². The summed E-state index contributed by atoms with van der Waals surface area (Å²) in [5.74, 6) is 0. The minimum atomic E-state index is -0.0883. The van der Waals surface area contributed by atoms with Crippen molar-refractivity contribution in [1.29, 1.82) is 0 Å². The maximum absolute atomic E-state index is 2.48. The second-order valence-corrected chi connectivity index (χ2v) is 15.3. The molecule has 0 unspecified atom stereocenters. The standard InChI is InChI=1S/C55H40/c1-55(2)51-28-15-14-25-44(51)45-31-30-43(36-52(45)55)54-47-27-13-12-26-46(47)53(48-32-29-41(35-50(48)54)38-18-6-3-7-19-38)42-24-16-17-37(33-42)34-49(39-20-8-4-9-21-39)40-22-10-5-11-23-40/h3-36H,1-2H3. The molecule has 9 aromatic carbocycles. The van der Waals surface area contributed by atoms with Gasteiger partial charge in [0.25, 0.3) is 0 Å². The third-order valence-corrected chi connectivity index (χ3v) is 11.7. The molecule has 0 saturated heterocycles. The Morgan fingerprint density at radius 3 is 1.60 bits per heavy atom. The lowest BCUT2D eigenvalue weighted by molar-refractivity contribution is 0.660. The van der Waals surface area contributed by atoms with Crippen molar-refractivity contribution in [3.8, 4) is 44.5 Å². The Labute approximate surface area is 323 Å². The predicted molar refractivity (Wildman–Crippen MR) is 235 cm³/mol. The second-order valence-electron chi connectivity index (χ2n) is 15.3. The molecule has 0 heterocycles. The third-order valence-electron chi connectivity index (χ3n) is 11.7. The van der Waals surface area contributed by atoms with Crippen molar-refractivity contribution in [2.75, 3.05) is 0 Å². The van der Waals surface area contributed by atoms with Crippen LogP contribution in [-0.4, -0.2) is 0 Å². The number of hydrogen-bond donors (Lipinski definition) is 0. The molecule has 0 saturated carbocycles. The van der Waals surface area contributed by atoms with Gasteiger partial charge in [0.05, 0.1) is 0 Å². The van der Waals surface area contributed by atoms with Gasteiger partial charge in [-0.1, -0.05) is 196 Å². The van der Waals surface area contributed by atoms with Gasteiger partial charge in [-0.3, -0.25) is 0 Å². The van der Waals surface area contributed by atoms with E-state index in [0.717, 1.165) is 0 Å². The van der Waals surface area contributed by atoms with Crippen molar-refractivity contribution in [2.24, 2.45) is 0 Å². The fraction of sp³-hybridized carbons (Fsp3) is 0.0545. The van der Waals surface area contributed by atoms with Gasteiger partial charge in [-0.05, 0) is 124 Å². The molecule has 1 aliphatic rings. The summed E-state index contributed by atoms with van der Waals surface area (Å²) in [4.78, 5) is 0. The molecule has 0 fully saturated rings. The molecule has 0 N–H and O–H groups in total. The fourth-order valence-electron chi connectivity index (χ4n) is 8.99. The average molecular weight is 701 g/mol. The Morgan fingerprint density at radius 1 is 0.364 bits per heavy atom. The summed E-state index contributed by atoms with van der Waals surface area (Å²) >= 11 is 0. The van der Waals surface area contributed by atoms with E-state index in [1.54, 1.807) is 0 Å².